The van der Waals surface area contributed by atoms with E-state index in [0.717, 1.165) is 27.3 Å². The molecule has 0 amide bonds. The molecule has 1 aliphatic rings. The van der Waals surface area contributed by atoms with Gasteiger partial charge in [0.25, 0.3) is 0 Å². The highest BCUT2D eigenvalue weighted by molar-refractivity contribution is 8.45. The van der Waals surface area contributed by atoms with E-state index in [0.29, 0.717) is 35.4 Å². The SMILES string of the molecule is CCOc1cc(/C=C2/N=C(SC)SC2=O)cc(Cl)c1OCc1ccccc1. The van der Waals surface area contributed by atoms with Crippen LogP contribution < -0.4 is 9.47 Å². The minimum Gasteiger partial charge on any atom is -0.490 e. The van der Waals surface area contributed by atoms with E-state index in [9.17, 15) is 4.79 Å². The van der Waals surface area contributed by atoms with E-state index < -0.39 is 0 Å². The van der Waals surface area contributed by atoms with Crippen molar-refractivity contribution >= 4 is 50.7 Å². The molecule has 0 atom stereocenters. The lowest BCUT2D eigenvalue weighted by Gasteiger charge is -2.14. The third-order valence-corrected chi connectivity index (χ3v) is 5.77. The predicted molar refractivity (Wildman–Crippen MR) is 115 cm³/mol. The molecule has 1 aliphatic heterocycles. The molecule has 2 aromatic rings. The Labute approximate surface area is 172 Å². The lowest BCUT2D eigenvalue weighted by Crippen LogP contribution is -2.01. The molecule has 0 unspecified atom stereocenters. The Morgan fingerprint density at radius 3 is 2.67 bits per heavy atom. The first kappa shape index (κ1) is 19.9. The van der Waals surface area contributed by atoms with E-state index in [2.05, 4.69) is 4.99 Å². The molecule has 2 aromatic carbocycles. The fourth-order valence-corrected chi connectivity index (χ4v) is 3.97. The standard InChI is InChI=1S/C20H18ClNO3S2/c1-3-24-17-11-14(10-16-19(23)27-20(22-16)26-2)9-15(21)18(17)25-12-13-7-5-4-6-8-13/h4-11H,3,12H2,1-2H3/b16-10+. The van der Waals surface area contributed by atoms with Crippen LogP contribution in [-0.4, -0.2) is 22.4 Å². The van der Waals surface area contributed by atoms with Gasteiger partial charge in [0.1, 0.15) is 16.7 Å². The molecule has 0 fully saturated rings. The largest absolute Gasteiger partial charge is 0.490 e. The summed E-state index contributed by atoms with van der Waals surface area (Å²) in [4.78, 5) is 16.4. The number of carbonyl (C=O) groups is 1. The van der Waals surface area contributed by atoms with E-state index >= 15 is 0 Å². The molecule has 7 heteroatoms. The first-order valence-electron chi connectivity index (χ1n) is 8.30. The van der Waals surface area contributed by atoms with Gasteiger partial charge in [-0.05, 0) is 54.3 Å². The number of halogens is 1. The van der Waals surface area contributed by atoms with Gasteiger partial charge in [0.15, 0.2) is 11.5 Å². The first-order valence-corrected chi connectivity index (χ1v) is 10.7. The summed E-state index contributed by atoms with van der Waals surface area (Å²) < 4.78 is 12.4. The Bertz CT molecular complexity index is 898. The molecule has 0 N–H and O–H groups in total. The zero-order chi connectivity index (χ0) is 19.2. The van der Waals surface area contributed by atoms with Gasteiger partial charge < -0.3 is 9.47 Å². The molecule has 27 heavy (non-hydrogen) atoms. The molecular formula is C20H18ClNO3S2. The number of nitrogens with zero attached hydrogens (tertiary/aromatic N) is 1. The van der Waals surface area contributed by atoms with Crippen molar-refractivity contribution in [2.24, 2.45) is 4.99 Å². The van der Waals surface area contributed by atoms with Gasteiger partial charge in [-0.1, -0.05) is 41.9 Å². The molecule has 3 rings (SSSR count). The number of ether oxygens (including phenoxy) is 2. The van der Waals surface area contributed by atoms with Gasteiger partial charge in [-0.15, -0.1) is 11.8 Å². The van der Waals surface area contributed by atoms with Crippen LogP contribution in [0.25, 0.3) is 6.08 Å². The molecule has 0 saturated carbocycles. The highest BCUT2D eigenvalue weighted by Gasteiger charge is 2.22. The lowest BCUT2D eigenvalue weighted by molar-refractivity contribution is -0.107. The van der Waals surface area contributed by atoms with Crippen molar-refractivity contribution in [1.82, 2.24) is 0 Å². The van der Waals surface area contributed by atoms with Crippen LogP contribution in [0.5, 0.6) is 11.5 Å². The van der Waals surface area contributed by atoms with Gasteiger partial charge in [0, 0.05) is 0 Å². The van der Waals surface area contributed by atoms with Crippen LogP contribution in [0.3, 0.4) is 0 Å². The molecule has 140 valence electrons. The Hall–Kier alpha value is -1.89. The average molecular weight is 420 g/mol. The van der Waals surface area contributed by atoms with Gasteiger partial charge in [-0.3, -0.25) is 4.79 Å². The molecule has 0 spiro atoms. The zero-order valence-electron chi connectivity index (χ0n) is 14.9. The smallest absolute Gasteiger partial charge is 0.244 e. The summed E-state index contributed by atoms with van der Waals surface area (Å²) in [5.41, 5.74) is 2.18. The Morgan fingerprint density at radius 2 is 2.00 bits per heavy atom. The highest BCUT2D eigenvalue weighted by Crippen LogP contribution is 2.38. The number of carbonyl (C=O) groups excluding carboxylic acids is 1. The fraction of sp³-hybridized carbons (Fsp3) is 0.200. The summed E-state index contributed by atoms with van der Waals surface area (Å²) in [6.07, 6.45) is 3.61. The molecule has 0 bridgehead atoms. The van der Waals surface area contributed by atoms with Crippen molar-refractivity contribution in [3.8, 4) is 11.5 Å². The Balaban J connectivity index is 1.88. The molecular weight excluding hydrogens is 402 g/mol. The van der Waals surface area contributed by atoms with Crippen molar-refractivity contribution in [3.05, 3.63) is 64.3 Å². The fourth-order valence-electron chi connectivity index (χ4n) is 2.44. The number of rotatable bonds is 6. The van der Waals surface area contributed by atoms with Gasteiger partial charge in [-0.25, -0.2) is 4.99 Å². The second-order valence-corrected chi connectivity index (χ2v) is 7.96. The predicted octanol–water partition coefficient (Wildman–Crippen LogP) is 5.65. The van der Waals surface area contributed by atoms with Gasteiger partial charge >= 0.3 is 0 Å². The third kappa shape index (κ3) is 5.09. The van der Waals surface area contributed by atoms with E-state index in [1.807, 2.05) is 49.6 Å². The number of hydrogen-bond donors (Lipinski definition) is 0. The van der Waals surface area contributed by atoms with Gasteiger partial charge in [-0.2, -0.15) is 0 Å². The summed E-state index contributed by atoms with van der Waals surface area (Å²) >= 11 is 9.04. The van der Waals surface area contributed by atoms with Crippen LogP contribution in [0.1, 0.15) is 18.1 Å². The van der Waals surface area contributed by atoms with Crippen LogP contribution in [0.4, 0.5) is 0 Å². The van der Waals surface area contributed by atoms with Crippen LogP contribution in [-0.2, 0) is 11.4 Å². The van der Waals surface area contributed by atoms with Crippen LogP contribution in [0, 0.1) is 0 Å². The maximum absolute atomic E-state index is 12.0. The number of hydrogen-bond acceptors (Lipinski definition) is 6. The van der Waals surface area contributed by atoms with Crippen LogP contribution in [0.2, 0.25) is 5.02 Å². The van der Waals surface area contributed by atoms with E-state index in [1.54, 1.807) is 12.1 Å². The molecule has 0 aromatic heterocycles. The molecule has 0 radical (unpaired) electrons. The summed E-state index contributed by atoms with van der Waals surface area (Å²) in [5.74, 6) is 1.03. The topological polar surface area (TPSA) is 47.9 Å². The van der Waals surface area contributed by atoms with Gasteiger partial charge in [0.2, 0.25) is 5.12 Å². The van der Waals surface area contributed by atoms with Crippen LogP contribution >= 0.6 is 35.1 Å². The number of aliphatic imine (C=N–C) groups is 1. The van der Waals surface area contributed by atoms with Crippen molar-refractivity contribution in [2.45, 2.75) is 13.5 Å². The summed E-state index contributed by atoms with van der Waals surface area (Å²) in [6, 6.07) is 13.4. The molecule has 4 nitrogen and oxygen atoms in total. The number of thioether (sulfide) groups is 2. The Morgan fingerprint density at radius 1 is 1.22 bits per heavy atom. The molecule has 1 heterocycles. The third-order valence-electron chi connectivity index (χ3n) is 3.64. The summed E-state index contributed by atoms with van der Waals surface area (Å²) in [6.45, 7) is 2.76. The lowest BCUT2D eigenvalue weighted by atomic mass is 10.1. The van der Waals surface area contributed by atoms with E-state index in [4.69, 9.17) is 21.1 Å². The van der Waals surface area contributed by atoms with Gasteiger partial charge in [0.05, 0.1) is 11.6 Å². The first-order chi connectivity index (χ1) is 13.1. The van der Waals surface area contributed by atoms with Crippen molar-refractivity contribution < 1.29 is 14.3 Å². The van der Waals surface area contributed by atoms with Crippen molar-refractivity contribution in [1.29, 1.82) is 0 Å². The summed E-state index contributed by atoms with van der Waals surface area (Å²) in [5, 5.41) is 0.355. The van der Waals surface area contributed by atoms with Crippen LogP contribution in [0.15, 0.2) is 53.2 Å². The second-order valence-electron chi connectivity index (χ2n) is 5.54. The minimum absolute atomic E-state index is 0.0714. The quantitative estimate of drug-likeness (QED) is 0.566. The van der Waals surface area contributed by atoms with Crippen molar-refractivity contribution in [2.75, 3.05) is 12.9 Å². The monoisotopic (exact) mass is 419 g/mol. The highest BCUT2D eigenvalue weighted by atomic mass is 35.5. The maximum Gasteiger partial charge on any atom is 0.244 e. The van der Waals surface area contributed by atoms with Crippen molar-refractivity contribution in [3.63, 3.8) is 0 Å². The second kappa shape index (κ2) is 9.35. The molecule has 0 aliphatic carbocycles. The zero-order valence-corrected chi connectivity index (χ0v) is 17.3. The minimum atomic E-state index is -0.0714. The maximum atomic E-state index is 12.0. The number of benzene rings is 2. The van der Waals surface area contributed by atoms with E-state index in [1.165, 1.54) is 11.8 Å². The Kier molecular flexibility index (Phi) is 6.88. The normalized spacial score (nSPS) is 15.1. The average Bonchev–Trinajstić information content (AvgIpc) is 3.02. The molecule has 0 saturated heterocycles. The van der Waals surface area contributed by atoms with E-state index in [-0.39, 0.29) is 5.12 Å². The summed E-state index contributed by atoms with van der Waals surface area (Å²) in [7, 11) is 0.